The van der Waals surface area contributed by atoms with Crippen LogP contribution in [-0.4, -0.2) is 0 Å². The first-order valence-corrected chi connectivity index (χ1v) is 5.12. The fourth-order valence-electron chi connectivity index (χ4n) is 1.35. The second-order valence-corrected chi connectivity index (χ2v) is 3.41. The van der Waals surface area contributed by atoms with E-state index in [0.717, 1.165) is 24.4 Å². The summed E-state index contributed by atoms with van der Waals surface area (Å²) in [5.41, 5.74) is 5.96. The molecule has 1 heterocycles. The summed E-state index contributed by atoms with van der Waals surface area (Å²) < 4.78 is 5.57. The number of nitrogens with two attached hydrogens (primary N) is 1. The fraction of sp³-hybridized carbons (Fsp3) is 0.636. The third kappa shape index (κ3) is 3.72. The first kappa shape index (κ1) is 13.5. The predicted octanol–water partition coefficient (Wildman–Crippen LogP) is 3.45. The minimum Gasteiger partial charge on any atom is -0.464 e. The number of rotatable bonds is 5. The van der Waals surface area contributed by atoms with Crippen LogP contribution >= 0.6 is 12.4 Å². The summed E-state index contributed by atoms with van der Waals surface area (Å²) in [6.07, 6.45) is 4.33. The molecule has 1 aromatic rings. The van der Waals surface area contributed by atoms with Crippen molar-refractivity contribution in [3.8, 4) is 0 Å². The van der Waals surface area contributed by atoms with E-state index in [1.807, 2.05) is 12.1 Å². The van der Waals surface area contributed by atoms with Crippen molar-refractivity contribution >= 4 is 12.4 Å². The topological polar surface area (TPSA) is 39.2 Å². The fourth-order valence-corrected chi connectivity index (χ4v) is 1.35. The zero-order chi connectivity index (χ0) is 9.68. The van der Waals surface area contributed by atoms with Crippen LogP contribution in [-0.2, 0) is 6.42 Å². The first-order chi connectivity index (χ1) is 6.27. The highest BCUT2D eigenvalue weighted by atomic mass is 35.5. The van der Waals surface area contributed by atoms with Crippen molar-refractivity contribution in [3.63, 3.8) is 0 Å². The summed E-state index contributed by atoms with van der Waals surface area (Å²) in [6.45, 7) is 4.26. The molecular weight excluding hydrogens is 198 g/mol. The Morgan fingerprint density at radius 2 is 2.07 bits per heavy atom. The Morgan fingerprint density at radius 3 is 2.57 bits per heavy atom. The molecular formula is C11H20ClNO. The lowest BCUT2D eigenvalue weighted by molar-refractivity contribution is 0.420. The average Bonchev–Trinajstić information content (AvgIpc) is 2.62. The minimum absolute atomic E-state index is 0. The van der Waals surface area contributed by atoms with E-state index in [-0.39, 0.29) is 18.4 Å². The van der Waals surface area contributed by atoms with Gasteiger partial charge in [0.1, 0.15) is 11.5 Å². The highest BCUT2D eigenvalue weighted by Crippen LogP contribution is 2.19. The van der Waals surface area contributed by atoms with E-state index in [9.17, 15) is 0 Å². The summed E-state index contributed by atoms with van der Waals surface area (Å²) in [5.74, 6) is 1.97. The van der Waals surface area contributed by atoms with E-state index in [0.29, 0.717) is 0 Å². The van der Waals surface area contributed by atoms with Gasteiger partial charge in [-0.1, -0.05) is 26.7 Å². The maximum atomic E-state index is 5.96. The molecule has 0 fully saturated rings. The molecule has 2 N–H and O–H groups in total. The van der Waals surface area contributed by atoms with Gasteiger partial charge in [0.05, 0.1) is 6.04 Å². The molecule has 0 aliphatic heterocycles. The molecule has 2 nitrogen and oxygen atoms in total. The van der Waals surface area contributed by atoms with Crippen molar-refractivity contribution < 1.29 is 4.42 Å². The molecule has 82 valence electrons. The number of furan rings is 1. The molecule has 0 aliphatic carbocycles. The Kier molecular flexibility index (Phi) is 6.67. The molecule has 1 rings (SSSR count). The van der Waals surface area contributed by atoms with Crippen LogP contribution in [0.1, 0.15) is 50.7 Å². The molecule has 14 heavy (non-hydrogen) atoms. The normalized spacial score (nSPS) is 12.2. The highest BCUT2D eigenvalue weighted by molar-refractivity contribution is 5.85. The third-order valence-corrected chi connectivity index (χ3v) is 2.27. The van der Waals surface area contributed by atoms with Gasteiger partial charge in [-0.15, -0.1) is 12.4 Å². The smallest absolute Gasteiger partial charge is 0.120 e. The number of hydrogen-bond donors (Lipinski definition) is 1. The van der Waals surface area contributed by atoms with Crippen LogP contribution in [0.25, 0.3) is 0 Å². The van der Waals surface area contributed by atoms with Gasteiger partial charge in [0.15, 0.2) is 0 Å². The van der Waals surface area contributed by atoms with Crippen molar-refractivity contribution in [2.75, 3.05) is 0 Å². The SMILES string of the molecule is CCCC[C@H](N)c1ccc(CC)o1.Cl. The van der Waals surface area contributed by atoms with Gasteiger partial charge in [-0.05, 0) is 18.6 Å². The van der Waals surface area contributed by atoms with Crippen LogP contribution in [0.5, 0.6) is 0 Å². The Morgan fingerprint density at radius 1 is 1.36 bits per heavy atom. The van der Waals surface area contributed by atoms with E-state index in [1.165, 1.54) is 12.8 Å². The molecule has 1 atom stereocenters. The van der Waals surface area contributed by atoms with E-state index in [4.69, 9.17) is 10.2 Å². The number of halogens is 1. The summed E-state index contributed by atoms with van der Waals surface area (Å²) >= 11 is 0. The zero-order valence-corrected chi connectivity index (χ0v) is 9.77. The van der Waals surface area contributed by atoms with Crippen molar-refractivity contribution in [1.82, 2.24) is 0 Å². The molecule has 0 aliphatic rings. The van der Waals surface area contributed by atoms with E-state index >= 15 is 0 Å². The molecule has 0 saturated carbocycles. The Balaban J connectivity index is 0.00000169. The Bertz CT molecular complexity index is 247. The van der Waals surface area contributed by atoms with Gasteiger partial charge in [0.25, 0.3) is 0 Å². The largest absolute Gasteiger partial charge is 0.464 e. The summed E-state index contributed by atoms with van der Waals surface area (Å²) in [4.78, 5) is 0. The third-order valence-electron chi connectivity index (χ3n) is 2.27. The predicted molar refractivity (Wildman–Crippen MR) is 61.8 cm³/mol. The highest BCUT2D eigenvalue weighted by Gasteiger charge is 2.09. The van der Waals surface area contributed by atoms with Crippen molar-refractivity contribution in [1.29, 1.82) is 0 Å². The van der Waals surface area contributed by atoms with Crippen LogP contribution in [0.2, 0.25) is 0 Å². The maximum absolute atomic E-state index is 5.96. The van der Waals surface area contributed by atoms with Gasteiger partial charge in [-0.25, -0.2) is 0 Å². The van der Waals surface area contributed by atoms with Gasteiger partial charge in [-0.2, -0.15) is 0 Å². The molecule has 0 aromatic carbocycles. The summed E-state index contributed by atoms with van der Waals surface area (Å²) in [7, 11) is 0. The molecule has 3 heteroatoms. The van der Waals surface area contributed by atoms with E-state index in [1.54, 1.807) is 0 Å². The summed E-state index contributed by atoms with van der Waals surface area (Å²) in [6, 6.07) is 4.10. The molecule has 0 amide bonds. The van der Waals surface area contributed by atoms with Gasteiger partial charge in [-0.3, -0.25) is 0 Å². The molecule has 0 radical (unpaired) electrons. The van der Waals surface area contributed by atoms with Crippen LogP contribution in [0.4, 0.5) is 0 Å². The van der Waals surface area contributed by atoms with Crippen LogP contribution in [0, 0.1) is 0 Å². The van der Waals surface area contributed by atoms with E-state index in [2.05, 4.69) is 13.8 Å². The number of aryl methyl sites for hydroxylation is 1. The summed E-state index contributed by atoms with van der Waals surface area (Å²) in [5, 5.41) is 0. The quantitative estimate of drug-likeness (QED) is 0.821. The van der Waals surface area contributed by atoms with E-state index < -0.39 is 0 Å². The molecule has 0 spiro atoms. The van der Waals surface area contributed by atoms with Crippen molar-refractivity contribution in [2.45, 2.75) is 45.6 Å². The molecule has 1 aromatic heterocycles. The lowest BCUT2D eigenvalue weighted by atomic mass is 10.1. The monoisotopic (exact) mass is 217 g/mol. The minimum atomic E-state index is 0. The van der Waals surface area contributed by atoms with Crippen LogP contribution < -0.4 is 5.73 Å². The second kappa shape index (κ2) is 6.91. The Labute approximate surface area is 92.3 Å². The molecule has 0 bridgehead atoms. The second-order valence-electron chi connectivity index (χ2n) is 3.41. The van der Waals surface area contributed by atoms with Gasteiger partial charge >= 0.3 is 0 Å². The number of hydrogen-bond acceptors (Lipinski definition) is 2. The lowest BCUT2D eigenvalue weighted by Gasteiger charge is -2.06. The van der Waals surface area contributed by atoms with Crippen LogP contribution in [0.3, 0.4) is 0 Å². The van der Waals surface area contributed by atoms with Gasteiger partial charge in [0, 0.05) is 6.42 Å². The van der Waals surface area contributed by atoms with Crippen LogP contribution in [0.15, 0.2) is 16.5 Å². The van der Waals surface area contributed by atoms with Crippen molar-refractivity contribution in [3.05, 3.63) is 23.7 Å². The average molecular weight is 218 g/mol. The molecule has 0 unspecified atom stereocenters. The molecule has 0 saturated heterocycles. The first-order valence-electron chi connectivity index (χ1n) is 5.12. The standard InChI is InChI=1S/C11H19NO.ClH/c1-3-5-6-10(12)11-8-7-9(4-2)13-11;/h7-8,10H,3-6,12H2,1-2H3;1H/t10-;/m0./s1. The van der Waals surface area contributed by atoms with Gasteiger partial charge < -0.3 is 10.2 Å². The number of unbranched alkanes of at least 4 members (excludes halogenated alkanes) is 1. The lowest BCUT2D eigenvalue weighted by Crippen LogP contribution is -2.08. The maximum Gasteiger partial charge on any atom is 0.120 e. The Hall–Kier alpha value is -0.470. The zero-order valence-electron chi connectivity index (χ0n) is 8.95. The van der Waals surface area contributed by atoms with Gasteiger partial charge in [0.2, 0.25) is 0 Å². The van der Waals surface area contributed by atoms with Crippen molar-refractivity contribution in [2.24, 2.45) is 5.73 Å².